The van der Waals surface area contributed by atoms with Crippen LogP contribution in [0.2, 0.25) is 0 Å². The number of H-pyrrole nitrogens is 1. The van der Waals surface area contributed by atoms with Crippen LogP contribution in [0.15, 0.2) is 49.4 Å². The predicted molar refractivity (Wildman–Crippen MR) is 133 cm³/mol. The standard InChI is InChI=1S/C24H23BrN4O6/c1-28-8-7-13-9-18-20(35-12-34-18)21(33-2)19(13)17(28)11-26-10-16-22(30)27-24(32)29(23(16)31)15-5-3-14(25)4-6-15/h3-6,9-10,17,31H,7-8,11-12H2,1-2H3,(H,27,30,32)/t17-/m0/s1. The van der Waals surface area contributed by atoms with Crippen molar-refractivity contribution in [2.75, 3.05) is 34.0 Å². The molecule has 10 nitrogen and oxygen atoms in total. The zero-order valence-electron chi connectivity index (χ0n) is 19.1. The molecule has 0 aliphatic carbocycles. The highest BCUT2D eigenvalue weighted by atomic mass is 79.9. The number of benzene rings is 2. The summed E-state index contributed by atoms with van der Waals surface area (Å²) < 4.78 is 18.7. The molecule has 2 aromatic carbocycles. The maximum Gasteiger partial charge on any atom is 0.335 e. The monoisotopic (exact) mass is 542 g/mol. The minimum absolute atomic E-state index is 0.108. The summed E-state index contributed by atoms with van der Waals surface area (Å²) in [5.74, 6) is 1.37. The van der Waals surface area contributed by atoms with Gasteiger partial charge in [0.2, 0.25) is 18.4 Å². The van der Waals surface area contributed by atoms with Crippen LogP contribution in [-0.4, -0.2) is 59.8 Å². The molecule has 182 valence electrons. The molecule has 2 N–H and O–H groups in total. The van der Waals surface area contributed by atoms with Crippen LogP contribution >= 0.6 is 15.9 Å². The highest BCUT2D eigenvalue weighted by Gasteiger charge is 2.33. The van der Waals surface area contributed by atoms with Crippen LogP contribution in [0.1, 0.15) is 22.7 Å². The first kappa shape index (κ1) is 23.2. The number of aliphatic imine (C=N–C) groups is 1. The maximum absolute atomic E-state index is 12.5. The first-order chi connectivity index (χ1) is 16.9. The van der Waals surface area contributed by atoms with Gasteiger partial charge in [-0.2, -0.15) is 0 Å². The average molecular weight is 543 g/mol. The third-order valence-corrected chi connectivity index (χ3v) is 6.78. The zero-order valence-corrected chi connectivity index (χ0v) is 20.7. The first-order valence-corrected chi connectivity index (χ1v) is 11.7. The number of fused-ring (bicyclic) bond motifs is 2. The van der Waals surface area contributed by atoms with Gasteiger partial charge in [0, 0.05) is 22.8 Å². The number of aromatic nitrogens is 2. The molecule has 2 aliphatic heterocycles. The van der Waals surface area contributed by atoms with Crippen LogP contribution in [0.5, 0.6) is 23.1 Å². The molecule has 3 heterocycles. The normalized spacial score (nSPS) is 17.1. The fourth-order valence-corrected chi connectivity index (χ4v) is 4.75. The molecule has 3 aromatic rings. The molecule has 0 spiro atoms. The lowest BCUT2D eigenvalue weighted by molar-refractivity contribution is 0.170. The SMILES string of the molecule is COc1c2c(cc3c1[C@H](CN=Cc1c(O)n(-c4ccc(Br)cc4)c(=O)[nH]c1=O)N(C)CC3)OCO2. The number of nitrogens with zero attached hydrogens (tertiary/aromatic N) is 3. The Labute approximate surface area is 208 Å². The van der Waals surface area contributed by atoms with Gasteiger partial charge in [0.25, 0.3) is 5.56 Å². The van der Waals surface area contributed by atoms with E-state index in [4.69, 9.17) is 14.2 Å². The van der Waals surface area contributed by atoms with Gasteiger partial charge in [-0.05, 0) is 49.4 Å². The Kier molecular flexibility index (Phi) is 6.12. The molecular formula is C24H23BrN4O6. The van der Waals surface area contributed by atoms with Crippen molar-refractivity contribution in [1.82, 2.24) is 14.5 Å². The number of aromatic amines is 1. The molecule has 0 amide bonds. The van der Waals surface area contributed by atoms with E-state index in [1.54, 1.807) is 31.4 Å². The van der Waals surface area contributed by atoms with Crippen molar-refractivity contribution in [3.8, 4) is 28.8 Å². The van der Waals surface area contributed by atoms with E-state index in [2.05, 4.69) is 30.8 Å². The summed E-state index contributed by atoms with van der Waals surface area (Å²) in [5.41, 5.74) is 0.887. The highest BCUT2D eigenvalue weighted by molar-refractivity contribution is 9.10. The van der Waals surface area contributed by atoms with Gasteiger partial charge in [-0.15, -0.1) is 0 Å². The quantitative estimate of drug-likeness (QED) is 0.475. The largest absolute Gasteiger partial charge is 0.493 e. The summed E-state index contributed by atoms with van der Waals surface area (Å²) in [6, 6.07) is 8.58. The Morgan fingerprint density at radius 3 is 2.80 bits per heavy atom. The van der Waals surface area contributed by atoms with E-state index in [-0.39, 0.29) is 24.9 Å². The molecule has 11 heteroatoms. The second kappa shape index (κ2) is 9.23. The third kappa shape index (κ3) is 4.10. The van der Waals surface area contributed by atoms with Gasteiger partial charge in [0.05, 0.1) is 25.4 Å². The molecule has 0 radical (unpaired) electrons. The van der Waals surface area contributed by atoms with Crippen molar-refractivity contribution in [2.45, 2.75) is 12.5 Å². The summed E-state index contributed by atoms with van der Waals surface area (Å²) in [4.78, 5) is 33.8. The van der Waals surface area contributed by atoms with E-state index in [9.17, 15) is 14.7 Å². The number of methoxy groups -OCH3 is 1. The number of aromatic hydroxyl groups is 1. The number of hydrogen-bond donors (Lipinski definition) is 2. The number of hydrogen-bond acceptors (Lipinski definition) is 8. The number of halogens is 1. The minimum Gasteiger partial charge on any atom is -0.493 e. The highest BCUT2D eigenvalue weighted by Crippen LogP contribution is 2.49. The number of likely N-dealkylation sites (N-methyl/N-ethyl adjacent to an activating group) is 1. The fourth-order valence-electron chi connectivity index (χ4n) is 4.48. The Morgan fingerprint density at radius 2 is 2.06 bits per heavy atom. The van der Waals surface area contributed by atoms with Crippen LogP contribution in [0.25, 0.3) is 5.69 Å². The second-order valence-corrected chi connectivity index (χ2v) is 9.18. The number of nitrogens with one attached hydrogen (secondary N) is 1. The van der Waals surface area contributed by atoms with Gasteiger partial charge in [-0.1, -0.05) is 15.9 Å². The summed E-state index contributed by atoms with van der Waals surface area (Å²) in [6.07, 6.45) is 2.11. The van der Waals surface area contributed by atoms with E-state index in [1.807, 2.05) is 13.1 Å². The fraction of sp³-hybridized carbons (Fsp3) is 0.292. The van der Waals surface area contributed by atoms with Gasteiger partial charge < -0.3 is 19.3 Å². The molecule has 0 unspecified atom stereocenters. The van der Waals surface area contributed by atoms with Gasteiger partial charge in [-0.25, -0.2) is 9.36 Å². The van der Waals surface area contributed by atoms with Crippen LogP contribution < -0.4 is 25.5 Å². The van der Waals surface area contributed by atoms with Crippen molar-refractivity contribution in [2.24, 2.45) is 4.99 Å². The van der Waals surface area contributed by atoms with E-state index < -0.39 is 17.1 Å². The molecule has 0 fully saturated rings. The minimum atomic E-state index is -0.742. The number of ether oxygens (including phenoxy) is 3. The predicted octanol–water partition coefficient (Wildman–Crippen LogP) is 2.38. The summed E-state index contributed by atoms with van der Waals surface area (Å²) in [5, 5.41) is 10.8. The van der Waals surface area contributed by atoms with E-state index in [0.717, 1.165) is 33.1 Å². The molecule has 1 atom stereocenters. The molecule has 35 heavy (non-hydrogen) atoms. The molecule has 5 rings (SSSR count). The first-order valence-electron chi connectivity index (χ1n) is 10.9. The molecule has 0 bridgehead atoms. The van der Waals surface area contributed by atoms with Crippen molar-refractivity contribution in [3.05, 3.63) is 72.3 Å². The molecule has 1 aromatic heterocycles. The summed E-state index contributed by atoms with van der Waals surface area (Å²) >= 11 is 3.34. The van der Waals surface area contributed by atoms with E-state index in [1.165, 1.54) is 6.21 Å². The molecular weight excluding hydrogens is 520 g/mol. The second-order valence-electron chi connectivity index (χ2n) is 8.27. The van der Waals surface area contributed by atoms with Crippen LogP contribution in [-0.2, 0) is 6.42 Å². The Balaban J connectivity index is 1.50. The Hall–Kier alpha value is -3.57. The van der Waals surface area contributed by atoms with Gasteiger partial charge in [0.15, 0.2) is 11.5 Å². The van der Waals surface area contributed by atoms with Crippen molar-refractivity contribution >= 4 is 22.1 Å². The Bertz CT molecular complexity index is 1430. The van der Waals surface area contributed by atoms with E-state index in [0.29, 0.717) is 22.9 Å². The Morgan fingerprint density at radius 1 is 1.29 bits per heavy atom. The third-order valence-electron chi connectivity index (χ3n) is 6.25. The lowest BCUT2D eigenvalue weighted by atomic mass is 9.91. The molecule has 0 saturated heterocycles. The van der Waals surface area contributed by atoms with Gasteiger partial charge in [0.1, 0.15) is 5.56 Å². The van der Waals surface area contributed by atoms with Gasteiger partial charge in [-0.3, -0.25) is 19.7 Å². The lowest BCUT2D eigenvalue weighted by Crippen LogP contribution is -2.34. The van der Waals surface area contributed by atoms with Crippen molar-refractivity contribution < 1.29 is 19.3 Å². The zero-order chi connectivity index (χ0) is 24.7. The van der Waals surface area contributed by atoms with Crippen molar-refractivity contribution in [1.29, 1.82) is 0 Å². The van der Waals surface area contributed by atoms with E-state index >= 15 is 0 Å². The van der Waals surface area contributed by atoms with Crippen molar-refractivity contribution in [3.63, 3.8) is 0 Å². The lowest BCUT2D eigenvalue weighted by Gasteiger charge is -2.35. The van der Waals surface area contributed by atoms with Crippen LogP contribution in [0, 0.1) is 0 Å². The molecule has 2 aliphatic rings. The van der Waals surface area contributed by atoms with Crippen LogP contribution in [0.4, 0.5) is 0 Å². The maximum atomic E-state index is 12.5. The summed E-state index contributed by atoms with van der Waals surface area (Å²) in [7, 11) is 3.58. The summed E-state index contributed by atoms with van der Waals surface area (Å²) in [6.45, 7) is 1.23. The van der Waals surface area contributed by atoms with Gasteiger partial charge >= 0.3 is 5.69 Å². The average Bonchev–Trinajstić information content (AvgIpc) is 3.30. The van der Waals surface area contributed by atoms with Crippen LogP contribution in [0.3, 0.4) is 0 Å². The topological polar surface area (TPSA) is 118 Å². The molecule has 0 saturated carbocycles. The smallest absolute Gasteiger partial charge is 0.335 e. The number of rotatable bonds is 5.